The second-order valence-corrected chi connectivity index (χ2v) is 4.42. The monoisotopic (exact) mass is 246 g/mol. The Hall–Kier alpha value is -2.13. The van der Waals surface area contributed by atoms with Crippen molar-refractivity contribution in [2.24, 2.45) is 0 Å². The van der Waals surface area contributed by atoms with Gasteiger partial charge in [-0.1, -0.05) is 5.92 Å². The second-order valence-electron chi connectivity index (χ2n) is 3.42. The van der Waals surface area contributed by atoms with E-state index in [2.05, 4.69) is 15.9 Å². The minimum Gasteiger partial charge on any atom is -0.396 e. The van der Waals surface area contributed by atoms with Crippen molar-refractivity contribution in [2.75, 3.05) is 19.3 Å². The number of nitrogens with zero attached hydrogens (tertiary/aromatic N) is 3. The molecule has 0 atom stereocenters. The summed E-state index contributed by atoms with van der Waals surface area (Å²) in [4.78, 5) is 22.8. The predicted molar refractivity (Wildman–Crippen MR) is 67.6 cm³/mol. The van der Waals surface area contributed by atoms with Crippen molar-refractivity contribution in [3.05, 3.63) is 17.3 Å². The summed E-state index contributed by atoms with van der Waals surface area (Å²) < 4.78 is 0. The Labute approximate surface area is 102 Å². The molecule has 2 aromatic rings. The molecule has 0 bridgehead atoms. The van der Waals surface area contributed by atoms with Crippen LogP contribution in [-0.2, 0) is 0 Å². The average Bonchev–Trinajstić information content (AvgIpc) is 2.67. The molecule has 0 aliphatic carbocycles. The van der Waals surface area contributed by atoms with Crippen LogP contribution in [0.15, 0.2) is 12.4 Å². The van der Waals surface area contributed by atoms with Crippen LogP contribution >= 0.6 is 11.3 Å². The fourth-order valence-electron chi connectivity index (χ4n) is 1.38. The molecule has 86 valence electrons. The van der Waals surface area contributed by atoms with E-state index in [1.165, 1.54) is 16.2 Å². The van der Waals surface area contributed by atoms with E-state index < -0.39 is 0 Å². The Bertz CT molecular complexity index is 613. The van der Waals surface area contributed by atoms with Gasteiger partial charge in [-0.15, -0.1) is 17.8 Å². The molecule has 1 amide bonds. The number of carbonyl (C=O) groups excluding carboxylic acids is 1. The first kappa shape index (κ1) is 11.4. The molecule has 2 aromatic heterocycles. The lowest BCUT2D eigenvalue weighted by atomic mass is 10.3. The molecule has 0 unspecified atom stereocenters. The van der Waals surface area contributed by atoms with Gasteiger partial charge in [-0.2, -0.15) is 0 Å². The van der Waals surface area contributed by atoms with Crippen LogP contribution < -0.4 is 5.73 Å². The van der Waals surface area contributed by atoms with E-state index in [4.69, 9.17) is 12.2 Å². The summed E-state index contributed by atoms with van der Waals surface area (Å²) in [7, 11) is 1.63. The minimum atomic E-state index is -0.203. The molecule has 0 aliphatic rings. The van der Waals surface area contributed by atoms with E-state index in [-0.39, 0.29) is 12.5 Å². The van der Waals surface area contributed by atoms with Crippen molar-refractivity contribution < 1.29 is 4.79 Å². The molecule has 0 radical (unpaired) electrons. The lowest BCUT2D eigenvalue weighted by Crippen LogP contribution is -2.26. The molecule has 2 rings (SSSR count). The molecule has 0 aromatic carbocycles. The summed E-state index contributed by atoms with van der Waals surface area (Å²) in [6.45, 7) is 0.243. The zero-order valence-electron chi connectivity index (χ0n) is 9.17. The third-order valence-electron chi connectivity index (χ3n) is 2.23. The SMILES string of the molecule is C#CCN(C)C(=O)c1sc2nccnc2c1N. The van der Waals surface area contributed by atoms with E-state index in [0.29, 0.717) is 20.9 Å². The van der Waals surface area contributed by atoms with Crippen LogP contribution in [0.3, 0.4) is 0 Å². The van der Waals surface area contributed by atoms with Gasteiger partial charge in [-0.25, -0.2) is 9.97 Å². The number of thiophene rings is 1. The van der Waals surface area contributed by atoms with Crippen LogP contribution in [0.2, 0.25) is 0 Å². The van der Waals surface area contributed by atoms with Gasteiger partial charge < -0.3 is 10.6 Å². The molecule has 5 nitrogen and oxygen atoms in total. The van der Waals surface area contributed by atoms with Crippen LogP contribution in [0.1, 0.15) is 9.67 Å². The number of fused-ring (bicyclic) bond motifs is 1. The van der Waals surface area contributed by atoms with Gasteiger partial charge in [0.15, 0.2) is 0 Å². The average molecular weight is 246 g/mol. The zero-order chi connectivity index (χ0) is 12.4. The Kier molecular flexibility index (Phi) is 2.93. The highest BCUT2D eigenvalue weighted by atomic mass is 32.1. The summed E-state index contributed by atoms with van der Waals surface area (Å²) in [5.74, 6) is 2.21. The topological polar surface area (TPSA) is 72.1 Å². The van der Waals surface area contributed by atoms with Gasteiger partial charge in [0.1, 0.15) is 15.2 Å². The summed E-state index contributed by atoms with van der Waals surface area (Å²) in [5.41, 5.74) is 6.81. The number of amides is 1. The Balaban J connectivity index is 2.46. The molecule has 0 saturated heterocycles. The fraction of sp³-hybridized carbons (Fsp3) is 0.182. The minimum absolute atomic E-state index is 0.203. The van der Waals surface area contributed by atoms with Crippen LogP contribution in [-0.4, -0.2) is 34.4 Å². The fourth-order valence-corrected chi connectivity index (χ4v) is 2.40. The molecule has 0 fully saturated rings. The number of hydrogen-bond donors (Lipinski definition) is 1. The van der Waals surface area contributed by atoms with Gasteiger partial charge in [0, 0.05) is 19.4 Å². The highest BCUT2D eigenvalue weighted by molar-refractivity contribution is 7.21. The van der Waals surface area contributed by atoms with Crippen LogP contribution in [0, 0.1) is 12.3 Å². The molecular weight excluding hydrogens is 236 g/mol. The molecule has 0 saturated carbocycles. The van der Waals surface area contributed by atoms with E-state index >= 15 is 0 Å². The van der Waals surface area contributed by atoms with Crippen molar-refractivity contribution >= 4 is 33.3 Å². The maximum atomic E-state index is 12.0. The normalized spacial score (nSPS) is 10.1. The number of nitrogens with two attached hydrogens (primary N) is 1. The number of aromatic nitrogens is 2. The molecule has 2 heterocycles. The number of rotatable bonds is 2. The first-order valence-electron chi connectivity index (χ1n) is 4.83. The predicted octanol–water partition coefficient (Wildman–Crippen LogP) is 0.979. The molecule has 0 aliphatic heterocycles. The molecule has 6 heteroatoms. The number of nitrogen functional groups attached to an aromatic ring is 1. The number of carbonyl (C=O) groups is 1. The van der Waals surface area contributed by atoms with Crippen molar-refractivity contribution in [1.29, 1.82) is 0 Å². The largest absolute Gasteiger partial charge is 0.396 e. The standard InChI is InChI=1S/C11H10N4OS/c1-3-6-15(2)11(16)9-7(12)8-10(17-9)14-5-4-13-8/h1,4-5H,6,12H2,2H3. The van der Waals surface area contributed by atoms with E-state index in [0.717, 1.165) is 0 Å². The molecule has 2 N–H and O–H groups in total. The second kappa shape index (κ2) is 4.39. The van der Waals surface area contributed by atoms with Crippen molar-refractivity contribution in [2.45, 2.75) is 0 Å². The van der Waals surface area contributed by atoms with Crippen LogP contribution in [0.5, 0.6) is 0 Å². The molecular formula is C11H10N4OS. The van der Waals surface area contributed by atoms with Gasteiger partial charge in [-0.3, -0.25) is 4.79 Å². The maximum Gasteiger partial charge on any atom is 0.266 e. The van der Waals surface area contributed by atoms with E-state index in [9.17, 15) is 4.79 Å². The summed E-state index contributed by atoms with van der Waals surface area (Å²) >= 11 is 1.23. The van der Waals surface area contributed by atoms with Crippen LogP contribution in [0.25, 0.3) is 10.3 Å². The molecule has 0 spiro atoms. The van der Waals surface area contributed by atoms with Crippen molar-refractivity contribution in [1.82, 2.24) is 14.9 Å². The summed E-state index contributed by atoms with van der Waals surface area (Å²) in [5, 5.41) is 0. The van der Waals surface area contributed by atoms with Gasteiger partial charge in [0.2, 0.25) is 0 Å². The highest BCUT2D eigenvalue weighted by Gasteiger charge is 2.20. The summed E-state index contributed by atoms with van der Waals surface area (Å²) in [6, 6.07) is 0. The number of terminal acetylenes is 1. The maximum absolute atomic E-state index is 12.0. The summed E-state index contributed by atoms with van der Waals surface area (Å²) in [6.07, 6.45) is 8.28. The third kappa shape index (κ3) is 1.92. The Morgan fingerprint density at radius 3 is 2.94 bits per heavy atom. The first-order chi connectivity index (χ1) is 8.15. The van der Waals surface area contributed by atoms with E-state index in [1.807, 2.05) is 0 Å². The zero-order valence-corrected chi connectivity index (χ0v) is 9.99. The first-order valence-corrected chi connectivity index (χ1v) is 5.64. The van der Waals surface area contributed by atoms with Crippen molar-refractivity contribution in [3.63, 3.8) is 0 Å². The van der Waals surface area contributed by atoms with Crippen molar-refractivity contribution in [3.8, 4) is 12.3 Å². The Morgan fingerprint density at radius 1 is 1.59 bits per heavy atom. The third-order valence-corrected chi connectivity index (χ3v) is 3.32. The Morgan fingerprint density at radius 2 is 2.29 bits per heavy atom. The number of hydrogen-bond acceptors (Lipinski definition) is 5. The quantitative estimate of drug-likeness (QED) is 0.802. The lowest BCUT2D eigenvalue weighted by Gasteiger charge is -2.12. The smallest absolute Gasteiger partial charge is 0.266 e. The molecule has 17 heavy (non-hydrogen) atoms. The lowest BCUT2D eigenvalue weighted by molar-refractivity contribution is 0.0818. The van der Waals surface area contributed by atoms with Gasteiger partial charge >= 0.3 is 0 Å². The van der Waals surface area contributed by atoms with E-state index in [1.54, 1.807) is 19.4 Å². The van der Waals surface area contributed by atoms with Crippen LogP contribution in [0.4, 0.5) is 5.69 Å². The number of anilines is 1. The highest BCUT2D eigenvalue weighted by Crippen LogP contribution is 2.31. The van der Waals surface area contributed by atoms with Gasteiger partial charge in [0.25, 0.3) is 5.91 Å². The van der Waals surface area contributed by atoms with Gasteiger partial charge in [-0.05, 0) is 0 Å². The van der Waals surface area contributed by atoms with Gasteiger partial charge in [0.05, 0.1) is 12.2 Å².